The van der Waals surface area contributed by atoms with E-state index in [0.717, 1.165) is 0 Å². The molecule has 2 amide bonds. The van der Waals surface area contributed by atoms with Crippen LogP contribution in [0.1, 0.15) is 55.2 Å². The second-order valence-corrected chi connectivity index (χ2v) is 9.72. The Morgan fingerprint density at radius 1 is 1.18 bits per heavy atom. The summed E-state index contributed by atoms with van der Waals surface area (Å²) in [7, 11) is 1.64. The van der Waals surface area contributed by atoms with Crippen molar-refractivity contribution in [1.29, 1.82) is 0 Å². The number of aromatic amines is 1. The molecule has 40 heavy (non-hydrogen) atoms. The van der Waals surface area contributed by atoms with Crippen molar-refractivity contribution < 1.29 is 28.7 Å². The number of amides is 2. The first-order valence-electron chi connectivity index (χ1n) is 12.6. The van der Waals surface area contributed by atoms with E-state index in [2.05, 4.69) is 10.3 Å². The van der Waals surface area contributed by atoms with Crippen LogP contribution in [0.4, 0.5) is 4.39 Å². The molecule has 3 aromatic rings. The van der Waals surface area contributed by atoms with Crippen molar-refractivity contribution in [1.82, 2.24) is 20.3 Å². The number of aromatic nitrogens is 1. The molecule has 1 aromatic heterocycles. The van der Waals surface area contributed by atoms with Crippen molar-refractivity contribution in [3.05, 3.63) is 97.7 Å². The minimum atomic E-state index is -0.953. The lowest BCUT2D eigenvalue weighted by Gasteiger charge is -2.30. The van der Waals surface area contributed by atoms with Gasteiger partial charge in [0.05, 0.1) is 16.1 Å². The van der Waals surface area contributed by atoms with Crippen LogP contribution in [0.5, 0.6) is 5.75 Å². The predicted octanol–water partition coefficient (Wildman–Crippen LogP) is 3.29. The van der Waals surface area contributed by atoms with Crippen molar-refractivity contribution >= 4 is 29.4 Å². The maximum absolute atomic E-state index is 13.5. The van der Waals surface area contributed by atoms with Crippen molar-refractivity contribution in [3.8, 4) is 5.75 Å². The smallest absolute Gasteiger partial charge is 0.357 e. The van der Waals surface area contributed by atoms with Crippen LogP contribution in [0.2, 0.25) is 5.02 Å². The average molecular weight is 571 g/mol. The fourth-order valence-electron chi connectivity index (χ4n) is 4.38. The van der Waals surface area contributed by atoms with Gasteiger partial charge in [0.25, 0.3) is 17.4 Å². The lowest BCUT2D eigenvalue weighted by atomic mass is 9.96. The van der Waals surface area contributed by atoms with Gasteiger partial charge in [0.1, 0.15) is 11.5 Å². The number of carbonyl (C=O) groups excluding carboxylic acids is 3. The Labute approximate surface area is 234 Å². The summed E-state index contributed by atoms with van der Waals surface area (Å²) in [6.07, 6.45) is 1.36. The summed E-state index contributed by atoms with van der Waals surface area (Å²) < 4.78 is 13.5. The first-order valence-corrected chi connectivity index (χ1v) is 13.0. The Balaban J connectivity index is 1.33. The van der Waals surface area contributed by atoms with Gasteiger partial charge in [0.15, 0.2) is 5.75 Å². The van der Waals surface area contributed by atoms with Gasteiger partial charge >= 0.3 is 5.97 Å². The minimum absolute atomic E-state index is 0.0791. The molecule has 1 aliphatic rings. The van der Waals surface area contributed by atoms with Crippen LogP contribution in [0.3, 0.4) is 0 Å². The molecule has 0 fully saturated rings. The predicted molar refractivity (Wildman–Crippen MR) is 145 cm³/mol. The van der Waals surface area contributed by atoms with E-state index in [9.17, 15) is 28.7 Å². The summed E-state index contributed by atoms with van der Waals surface area (Å²) in [5.41, 5.74) is 0.00588. The van der Waals surface area contributed by atoms with Crippen LogP contribution in [-0.2, 0) is 17.8 Å². The number of nitrogens with one attached hydrogen (secondary N) is 2. The number of unbranched alkanes of at least 4 members (excludes halogenated alkanes) is 1. The fourth-order valence-corrected chi connectivity index (χ4v) is 4.59. The van der Waals surface area contributed by atoms with Gasteiger partial charge in [-0.15, -0.1) is 5.06 Å². The van der Waals surface area contributed by atoms with Gasteiger partial charge in [-0.05, 0) is 54.7 Å². The van der Waals surface area contributed by atoms with E-state index in [1.165, 1.54) is 28.2 Å². The first kappa shape index (κ1) is 28.8. The molecule has 3 N–H and O–H groups in total. The molecule has 0 aliphatic carbocycles. The third-order valence-electron chi connectivity index (χ3n) is 6.44. The number of nitrogens with zero attached hydrogens (tertiary/aromatic N) is 2. The van der Waals surface area contributed by atoms with E-state index >= 15 is 0 Å². The van der Waals surface area contributed by atoms with Crippen LogP contribution in [-0.4, -0.2) is 64.5 Å². The molecule has 0 atom stereocenters. The summed E-state index contributed by atoms with van der Waals surface area (Å²) in [5.74, 6) is -3.01. The molecule has 0 unspecified atom stereocenters. The highest BCUT2D eigenvalue weighted by atomic mass is 35.5. The largest absolute Gasteiger partial charge is 0.502 e. The fraction of sp³-hybridized carbons (Fsp3) is 0.286. The summed E-state index contributed by atoms with van der Waals surface area (Å²) in [6.45, 7) is 0.994. The highest BCUT2D eigenvalue weighted by Gasteiger charge is 2.33. The molecule has 0 bridgehead atoms. The lowest BCUT2D eigenvalue weighted by Crippen LogP contribution is -2.40. The summed E-state index contributed by atoms with van der Waals surface area (Å²) in [5, 5.41) is 14.4. The second kappa shape index (κ2) is 12.8. The zero-order chi connectivity index (χ0) is 28.8. The zero-order valence-corrected chi connectivity index (χ0v) is 22.5. The van der Waals surface area contributed by atoms with Crippen molar-refractivity contribution in [2.24, 2.45) is 0 Å². The Hall–Kier alpha value is -4.22. The van der Waals surface area contributed by atoms with Crippen LogP contribution in [0, 0.1) is 5.82 Å². The molecule has 210 valence electrons. The second-order valence-electron chi connectivity index (χ2n) is 9.32. The summed E-state index contributed by atoms with van der Waals surface area (Å²) in [4.78, 5) is 59.6. The highest BCUT2D eigenvalue weighted by molar-refractivity contribution is 6.30. The number of hydrogen-bond acceptors (Lipinski definition) is 7. The Bertz CT molecular complexity index is 1480. The number of benzene rings is 2. The normalized spacial score (nSPS) is 12.8. The molecule has 10 nitrogen and oxygen atoms in total. The maximum atomic E-state index is 13.5. The number of halogens is 2. The van der Waals surface area contributed by atoms with E-state index in [1.807, 2.05) is 0 Å². The monoisotopic (exact) mass is 570 g/mol. The van der Waals surface area contributed by atoms with E-state index in [4.69, 9.17) is 16.4 Å². The Morgan fingerprint density at radius 2 is 1.93 bits per heavy atom. The van der Waals surface area contributed by atoms with Gasteiger partial charge in [-0.2, -0.15) is 0 Å². The SMILES string of the molecule is CN(CCCCNC(=O)c1[nH]c(=O)c(O)c2c1CCN(Cc1ccc(F)c(Cl)c1)C2=O)OC(=O)c1ccccc1. The number of pyridine rings is 1. The van der Waals surface area contributed by atoms with E-state index in [0.29, 0.717) is 30.5 Å². The van der Waals surface area contributed by atoms with Gasteiger partial charge in [-0.25, -0.2) is 9.18 Å². The van der Waals surface area contributed by atoms with Crippen LogP contribution in [0.15, 0.2) is 53.3 Å². The molecule has 0 saturated carbocycles. The van der Waals surface area contributed by atoms with Gasteiger partial charge in [-0.3, -0.25) is 14.4 Å². The molecule has 0 radical (unpaired) electrons. The molecule has 4 rings (SSSR count). The molecular formula is C28H28ClFN4O6. The third kappa shape index (κ3) is 6.67. The van der Waals surface area contributed by atoms with Gasteiger partial charge in [-0.1, -0.05) is 35.9 Å². The van der Waals surface area contributed by atoms with Crippen molar-refractivity contribution in [3.63, 3.8) is 0 Å². The molecule has 2 heterocycles. The maximum Gasteiger partial charge on any atom is 0.357 e. The van der Waals surface area contributed by atoms with E-state index in [1.54, 1.807) is 37.4 Å². The summed E-state index contributed by atoms with van der Waals surface area (Å²) >= 11 is 5.84. The van der Waals surface area contributed by atoms with Gasteiger partial charge < -0.3 is 25.1 Å². The van der Waals surface area contributed by atoms with Crippen LogP contribution >= 0.6 is 11.6 Å². The van der Waals surface area contributed by atoms with Crippen molar-refractivity contribution in [2.45, 2.75) is 25.8 Å². The minimum Gasteiger partial charge on any atom is -0.502 e. The van der Waals surface area contributed by atoms with Gasteiger partial charge in [0.2, 0.25) is 0 Å². The topological polar surface area (TPSA) is 132 Å². The number of hydroxylamine groups is 2. The number of hydrogen-bond donors (Lipinski definition) is 3. The average Bonchev–Trinajstić information content (AvgIpc) is 2.94. The number of fused-ring (bicyclic) bond motifs is 1. The number of carbonyl (C=O) groups is 3. The molecular weight excluding hydrogens is 543 g/mol. The molecule has 12 heteroatoms. The molecule has 0 spiro atoms. The third-order valence-corrected chi connectivity index (χ3v) is 6.73. The lowest BCUT2D eigenvalue weighted by molar-refractivity contribution is -0.0907. The van der Waals surface area contributed by atoms with Crippen LogP contribution < -0.4 is 10.9 Å². The zero-order valence-electron chi connectivity index (χ0n) is 21.7. The highest BCUT2D eigenvalue weighted by Crippen LogP contribution is 2.28. The molecule has 2 aromatic carbocycles. The number of H-pyrrole nitrogens is 1. The van der Waals surface area contributed by atoms with E-state index in [-0.39, 0.29) is 47.9 Å². The molecule has 1 aliphatic heterocycles. The number of rotatable bonds is 10. The van der Waals surface area contributed by atoms with Crippen molar-refractivity contribution in [2.75, 3.05) is 26.7 Å². The first-order chi connectivity index (χ1) is 19.2. The number of aromatic hydroxyl groups is 1. The van der Waals surface area contributed by atoms with E-state index < -0.39 is 34.9 Å². The van der Waals surface area contributed by atoms with Crippen LogP contribution in [0.25, 0.3) is 0 Å². The van der Waals surface area contributed by atoms with Gasteiger partial charge in [0, 0.05) is 33.2 Å². The Kier molecular flexibility index (Phi) is 9.18. The molecule has 0 saturated heterocycles. The summed E-state index contributed by atoms with van der Waals surface area (Å²) in [6, 6.07) is 12.7. The standard InChI is InChI=1S/C28H28ClFN4O6/c1-33(40-28(39)18-7-3-2-4-8-18)13-6-5-12-31-25(36)23-19-11-14-34(16-17-9-10-21(30)20(29)15-17)27(38)22(19)24(35)26(37)32-23/h2-4,7-10,15,35H,5-6,11-14,16H2,1H3,(H,31,36)(H,32,37). The quantitative estimate of drug-likeness (QED) is 0.252. The Morgan fingerprint density at radius 3 is 2.65 bits per heavy atom.